The highest BCUT2D eigenvalue weighted by molar-refractivity contribution is 5.71. The minimum atomic E-state index is -0.0585. The van der Waals surface area contributed by atoms with Gasteiger partial charge < -0.3 is 4.74 Å². The quantitative estimate of drug-likeness (QED) is 0.130. The van der Waals surface area contributed by atoms with E-state index < -0.39 is 0 Å². The minimum absolute atomic E-state index is 0.0585. The molecule has 0 aromatic carbocycles. The molecule has 0 aliphatic heterocycles. The van der Waals surface area contributed by atoms with Crippen LogP contribution in [0.2, 0.25) is 0 Å². The average Bonchev–Trinajstić information content (AvgIpc) is 2.66. The van der Waals surface area contributed by atoms with Crippen LogP contribution in [0.15, 0.2) is 12.2 Å². The standard InChI is InChI=1S/C24H47NO2/c1-4-7-10-13-15-17-20-25(21-18-16-14-11-8-5-2)23-24(26)27-22-19-12-9-6-3/h9,12H,4-8,10-11,13-23H2,1-3H3. The highest BCUT2D eigenvalue weighted by Gasteiger charge is 2.11. The van der Waals surface area contributed by atoms with Crippen molar-refractivity contribution in [1.82, 2.24) is 4.90 Å². The van der Waals surface area contributed by atoms with Crippen LogP contribution in [0, 0.1) is 0 Å². The fourth-order valence-corrected chi connectivity index (χ4v) is 3.25. The Kier molecular flexibility index (Phi) is 20.8. The normalized spacial score (nSPS) is 11.6. The van der Waals surface area contributed by atoms with Gasteiger partial charge in [-0.25, -0.2) is 0 Å². The zero-order valence-electron chi connectivity index (χ0n) is 18.6. The van der Waals surface area contributed by atoms with E-state index in [4.69, 9.17) is 4.74 Å². The molecule has 0 fully saturated rings. The fourth-order valence-electron chi connectivity index (χ4n) is 3.25. The van der Waals surface area contributed by atoms with Crippen LogP contribution in [0.4, 0.5) is 0 Å². The predicted molar refractivity (Wildman–Crippen MR) is 118 cm³/mol. The number of carbonyl (C=O) groups is 1. The number of esters is 1. The van der Waals surface area contributed by atoms with Crippen molar-refractivity contribution in [2.75, 3.05) is 26.2 Å². The van der Waals surface area contributed by atoms with Crippen molar-refractivity contribution in [3.8, 4) is 0 Å². The summed E-state index contributed by atoms with van der Waals surface area (Å²) >= 11 is 0. The Balaban J connectivity index is 4.05. The van der Waals surface area contributed by atoms with E-state index in [1.165, 1.54) is 77.0 Å². The van der Waals surface area contributed by atoms with E-state index >= 15 is 0 Å². The SMILES string of the molecule is CCC=CCCOC(=O)CN(CCCCCCCC)CCCCCCCC. The second-order valence-corrected chi connectivity index (χ2v) is 7.70. The molecule has 0 amide bonds. The van der Waals surface area contributed by atoms with Crippen LogP contribution in [-0.4, -0.2) is 37.1 Å². The first-order chi connectivity index (χ1) is 13.2. The van der Waals surface area contributed by atoms with Crippen LogP contribution in [0.3, 0.4) is 0 Å². The number of carbonyl (C=O) groups excluding carboxylic acids is 1. The maximum Gasteiger partial charge on any atom is 0.320 e. The lowest BCUT2D eigenvalue weighted by molar-refractivity contribution is -0.144. The zero-order valence-corrected chi connectivity index (χ0v) is 18.6. The Bertz CT molecular complexity index is 325. The Morgan fingerprint density at radius 3 is 1.78 bits per heavy atom. The first-order valence-corrected chi connectivity index (χ1v) is 11.8. The van der Waals surface area contributed by atoms with E-state index in [0.29, 0.717) is 13.2 Å². The monoisotopic (exact) mass is 381 g/mol. The second kappa shape index (κ2) is 21.5. The van der Waals surface area contributed by atoms with Crippen molar-refractivity contribution in [2.24, 2.45) is 0 Å². The van der Waals surface area contributed by atoms with E-state index in [9.17, 15) is 4.79 Å². The molecule has 27 heavy (non-hydrogen) atoms. The van der Waals surface area contributed by atoms with Gasteiger partial charge in [-0.2, -0.15) is 0 Å². The third kappa shape index (κ3) is 19.7. The molecule has 160 valence electrons. The number of hydrogen-bond donors (Lipinski definition) is 0. The summed E-state index contributed by atoms with van der Waals surface area (Å²) in [5.41, 5.74) is 0. The van der Waals surface area contributed by atoms with Crippen molar-refractivity contribution < 1.29 is 9.53 Å². The Morgan fingerprint density at radius 2 is 1.26 bits per heavy atom. The summed E-state index contributed by atoms with van der Waals surface area (Å²) in [6.45, 7) is 9.67. The van der Waals surface area contributed by atoms with Crippen LogP contribution in [0.25, 0.3) is 0 Å². The second-order valence-electron chi connectivity index (χ2n) is 7.70. The van der Waals surface area contributed by atoms with Crippen molar-refractivity contribution in [3.63, 3.8) is 0 Å². The molecule has 0 heterocycles. The van der Waals surface area contributed by atoms with Gasteiger partial charge in [0, 0.05) is 0 Å². The molecule has 0 saturated carbocycles. The fraction of sp³-hybridized carbons (Fsp3) is 0.875. The topological polar surface area (TPSA) is 29.5 Å². The first-order valence-electron chi connectivity index (χ1n) is 11.8. The maximum absolute atomic E-state index is 12.1. The molecule has 0 unspecified atom stereocenters. The molecule has 0 aliphatic rings. The molecule has 0 atom stereocenters. The van der Waals surface area contributed by atoms with Crippen molar-refractivity contribution in [3.05, 3.63) is 12.2 Å². The molecule has 3 heteroatoms. The van der Waals surface area contributed by atoms with E-state index in [1.807, 2.05) is 0 Å². The molecule has 0 rings (SSSR count). The van der Waals surface area contributed by atoms with Gasteiger partial charge in [-0.3, -0.25) is 9.69 Å². The Labute approximate surface area is 169 Å². The average molecular weight is 382 g/mol. The lowest BCUT2D eigenvalue weighted by Crippen LogP contribution is -2.33. The third-order valence-electron chi connectivity index (χ3n) is 4.96. The molecule has 0 N–H and O–H groups in total. The molecule has 0 bridgehead atoms. The van der Waals surface area contributed by atoms with Crippen molar-refractivity contribution in [1.29, 1.82) is 0 Å². The molecule has 0 aliphatic carbocycles. The Morgan fingerprint density at radius 1 is 0.741 bits per heavy atom. The smallest absolute Gasteiger partial charge is 0.320 e. The first kappa shape index (κ1) is 26.2. The molecule has 0 spiro atoms. The summed E-state index contributed by atoms with van der Waals surface area (Å²) in [5, 5.41) is 0. The van der Waals surface area contributed by atoms with E-state index in [0.717, 1.165) is 25.9 Å². The van der Waals surface area contributed by atoms with Gasteiger partial charge in [-0.05, 0) is 38.8 Å². The lowest BCUT2D eigenvalue weighted by Gasteiger charge is -2.21. The van der Waals surface area contributed by atoms with E-state index in [-0.39, 0.29) is 5.97 Å². The Hall–Kier alpha value is -0.830. The number of unbranched alkanes of at least 4 members (excludes halogenated alkanes) is 10. The van der Waals surface area contributed by atoms with Gasteiger partial charge in [0.05, 0.1) is 13.2 Å². The van der Waals surface area contributed by atoms with Gasteiger partial charge in [0.25, 0.3) is 0 Å². The summed E-state index contributed by atoms with van der Waals surface area (Å²) in [5.74, 6) is -0.0585. The van der Waals surface area contributed by atoms with Gasteiger partial charge in [0.15, 0.2) is 0 Å². The lowest BCUT2D eigenvalue weighted by atomic mass is 10.1. The zero-order chi connectivity index (χ0) is 20.0. The summed E-state index contributed by atoms with van der Waals surface area (Å²) in [7, 11) is 0. The highest BCUT2D eigenvalue weighted by Crippen LogP contribution is 2.09. The maximum atomic E-state index is 12.1. The summed E-state index contributed by atoms with van der Waals surface area (Å²) < 4.78 is 5.41. The number of rotatable bonds is 20. The molecular formula is C24H47NO2. The van der Waals surface area contributed by atoms with Gasteiger partial charge >= 0.3 is 5.97 Å². The number of ether oxygens (including phenoxy) is 1. The van der Waals surface area contributed by atoms with Crippen LogP contribution in [-0.2, 0) is 9.53 Å². The van der Waals surface area contributed by atoms with Gasteiger partial charge in [0.2, 0.25) is 0 Å². The van der Waals surface area contributed by atoms with Crippen LogP contribution >= 0.6 is 0 Å². The van der Waals surface area contributed by atoms with Crippen LogP contribution in [0.1, 0.15) is 111 Å². The van der Waals surface area contributed by atoms with Crippen LogP contribution < -0.4 is 0 Å². The minimum Gasteiger partial charge on any atom is -0.464 e. The molecule has 0 saturated heterocycles. The van der Waals surface area contributed by atoms with E-state index in [1.54, 1.807) is 0 Å². The largest absolute Gasteiger partial charge is 0.464 e. The van der Waals surface area contributed by atoms with Gasteiger partial charge in [-0.1, -0.05) is 97.1 Å². The third-order valence-corrected chi connectivity index (χ3v) is 4.96. The van der Waals surface area contributed by atoms with Crippen molar-refractivity contribution >= 4 is 5.97 Å². The predicted octanol–water partition coefficient (Wildman–Crippen LogP) is 6.91. The van der Waals surface area contributed by atoms with Gasteiger partial charge in [0.1, 0.15) is 0 Å². The molecular weight excluding hydrogens is 334 g/mol. The summed E-state index contributed by atoms with van der Waals surface area (Å²) in [4.78, 5) is 14.5. The molecule has 3 nitrogen and oxygen atoms in total. The molecule has 0 aromatic heterocycles. The van der Waals surface area contributed by atoms with Gasteiger partial charge in [-0.15, -0.1) is 0 Å². The molecule has 0 radical (unpaired) electrons. The highest BCUT2D eigenvalue weighted by atomic mass is 16.5. The number of nitrogens with zero attached hydrogens (tertiary/aromatic N) is 1. The molecule has 0 aromatic rings. The summed E-state index contributed by atoms with van der Waals surface area (Å²) in [6, 6.07) is 0. The number of hydrogen-bond acceptors (Lipinski definition) is 3. The summed E-state index contributed by atoms with van der Waals surface area (Å²) in [6.07, 6.45) is 21.7. The number of allylic oxidation sites excluding steroid dienone is 1. The van der Waals surface area contributed by atoms with Crippen molar-refractivity contribution in [2.45, 2.75) is 111 Å². The van der Waals surface area contributed by atoms with Crippen LogP contribution in [0.5, 0.6) is 0 Å². The van der Waals surface area contributed by atoms with E-state index in [2.05, 4.69) is 37.8 Å².